The Bertz CT molecular complexity index is 486. The van der Waals surface area contributed by atoms with Crippen LogP contribution >= 0.6 is 0 Å². The van der Waals surface area contributed by atoms with Gasteiger partial charge in [-0.3, -0.25) is 0 Å². The Morgan fingerprint density at radius 1 is 1.27 bits per heavy atom. The molecule has 1 heteroatoms. The topological polar surface area (TPSA) is 9.23 Å². The molecule has 1 nitrogen and oxygen atoms in total. The quantitative estimate of drug-likeness (QED) is 0.466. The molecule has 2 aliphatic rings. The fourth-order valence-electron chi connectivity index (χ4n) is 3.55. The summed E-state index contributed by atoms with van der Waals surface area (Å²) in [7, 11) is 0. The SMILES string of the molecule is C=C(COCC(C)C)CC(=C)C1CC#CCC2C=CCCC21. The molecule has 0 N–H and O–H groups in total. The van der Waals surface area contributed by atoms with E-state index in [2.05, 4.69) is 51.0 Å². The molecule has 0 aromatic carbocycles. The van der Waals surface area contributed by atoms with Crippen molar-refractivity contribution < 1.29 is 4.74 Å². The number of ether oxygens (including phenoxy) is 1. The molecule has 0 heterocycles. The van der Waals surface area contributed by atoms with Gasteiger partial charge in [0.1, 0.15) is 0 Å². The molecule has 0 fully saturated rings. The summed E-state index contributed by atoms with van der Waals surface area (Å²) in [5.74, 6) is 9.11. The molecule has 120 valence electrons. The van der Waals surface area contributed by atoms with Gasteiger partial charge in [-0.2, -0.15) is 0 Å². The fourth-order valence-corrected chi connectivity index (χ4v) is 3.55. The first-order valence-electron chi connectivity index (χ1n) is 8.62. The molecule has 0 aromatic heterocycles. The highest BCUT2D eigenvalue weighted by molar-refractivity contribution is 5.21. The standard InChI is InChI=1S/C21H30O/c1-16(2)14-22-15-17(3)13-18(4)20-11-7-5-9-19-10-6-8-12-21(19)20/h6,10,16,19-21H,3-4,8-9,11-15H2,1-2H3. The Balaban J connectivity index is 1.89. The van der Waals surface area contributed by atoms with Crippen LogP contribution in [0.1, 0.15) is 46.0 Å². The van der Waals surface area contributed by atoms with Crippen LogP contribution in [0.2, 0.25) is 0 Å². The van der Waals surface area contributed by atoms with E-state index in [9.17, 15) is 0 Å². The molecule has 22 heavy (non-hydrogen) atoms. The molecule has 2 aliphatic carbocycles. The second kappa shape index (κ2) is 8.39. The molecule has 0 spiro atoms. The van der Waals surface area contributed by atoms with Crippen molar-refractivity contribution in [3.8, 4) is 11.8 Å². The minimum absolute atomic E-state index is 0.520. The van der Waals surface area contributed by atoms with Crippen LogP contribution in [-0.2, 0) is 4.74 Å². The normalized spacial score (nSPS) is 26.8. The van der Waals surface area contributed by atoms with Gasteiger partial charge in [0.15, 0.2) is 0 Å². The Kier molecular flexibility index (Phi) is 6.52. The van der Waals surface area contributed by atoms with E-state index in [1.54, 1.807) is 0 Å². The predicted molar refractivity (Wildman–Crippen MR) is 94.4 cm³/mol. The summed E-state index contributed by atoms with van der Waals surface area (Å²) >= 11 is 0. The van der Waals surface area contributed by atoms with E-state index >= 15 is 0 Å². The average Bonchev–Trinajstić information content (AvgIpc) is 2.69. The third-order valence-corrected chi connectivity index (χ3v) is 4.66. The van der Waals surface area contributed by atoms with Crippen molar-refractivity contribution in [1.82, 2.24) is 0 Å². The van der Waals surface area contributed by atoms with E-state index in [-0.39, 0.29) is 0 Å². The van der Waals surface area contributed by atoms with Gasteiger partial charge in [-0.1, -0.05) is 44.7 Å². The van der Waals surface area contributed by atoms with Crippen LogP contribution in [0.5, 0.6) is 0 Å². The molecule has 0 aliphatic heterocycles. The number of hydrogen-bond donors (Lipinski definition) is 0. The maximum absolute atomic E-state index is 5.70. The number of rotatable bonds is 7. The molecule has 0 bridgehead atoms. The van der Waals surface area contributed by atoms with Crippen LogP contribution in [0, 0.1) is 35.5 Å². The minimum Gasteiger partial charge on any atom is -0.377 e. The maximum atomic E-state index is 5.70. The van der Waals surface area contributed by atoms with E-state index in [0.29, 0.717) is 30.3 Å². The van der Waals surface area contributed by atoms with E-state index < -0.39 is 0 Å². The third-order valence-electron chi connectivity index (χ3n) is 4.66. The Morgan fingerprint density at radius 2 is 2.05 bits per heavy atom. The van der Waals surface area contributed by atoms with Gasteiger partial charge in [0.2, 0.25) is 0 Å². The fraction of sp³-hybridized carbons (Fsp3) is 0.619. The largest absolute Gasteiger partial charge is 0.377 e. The summed E-state index contributed by atoms with van der Waals surface area (Å²) in [4.78, 5) is 0. The Labute approximate surface area is 136 Å². The zero-order valence-corrected chi connectivity index (χ0v) is 14.2. The van der Waals surface area contributed by atoms with Gasteiger partial charge in [0.05, 0.1) is 6.61 Å². The summed E-state index contributed by atoms with van der Waals surface area (Å²) in [5, 5.41) is 0. The second-order valence-electron chi connectivity index (χ2n) is 7.20. The summed E-state index contributed by atoms with van der Waals surface area (Å²) in [6, 6.07) is 0. The van der Waals surface area contributed by atoms with Gasteiger partial charge in [0, 0.05) is 19.4 Å². The van der Waals surface area contributed by atoms with Crippen LogP contribution in [0.4, 0.5) is 0 Å². The minimum atomic E-state index is 0.520. The molecule has 0 radical (unpaired) electrons. The zero-order valence-electron chi connectivity index (χ0n) is 14.2. The van der Waals surface area contributed by atoms with Crippen molar-refractivity contribution in [3.63, 3.8) is 0 Å². The number of allylic oxidation sites excluding steroid dienone is 3. The van der Waals surface area contributed by atoms with Crippen LogP contribution < -0.4 is 0 Å². The Hall–Kier alpha value is -1.26. The summed E-state index contributed by atoms with van der Waals surface area (Å²) < 4.78 is 5.70. The lowest BCUT2D eigenvalue weighted by Gasteiger charge is -2.33. The van der Waals surface area contributed by atoms with E-state index in [4.69, 9.17) is 4.74 Å². The van der Waals surface area contributed by atoms with E-state index in [1.165, 1.54) is 18.4 Å². The van der Waals surface area contributed by atoms with Crippen LogP contribution in [-0.4, -0.2) is 13.2 Å². The molecule has 0 saturated carbocycles. The first-order valence-corrected chi connectivity index (χ1v) is 8.62. The average molecular weight is 298 g/mol. The molecule has 2 rings (SSSR count). The van der Waals surface area contributed by atoms with E-state index in [0.717, 1.165) is 31.4 Å². The maximum Gasteiger partial charge on any atom is 0.0677 e. The lowest BCUT2D eigenvalue weighted by atomic mass is 9.71. The molecular weight excluding hydrogens is 268 g/mol. The van der Waals surface area contributed by atoms with Crippen molar-refractivity contribution in [2.45, 2.75) is 46.0 Å². The lowest BCUT2D eigenvalue weighted by molar-refractivity contribution is 0.128. The van der Waals surface area contributed by atoms with Crippen LogP contribution in [0.15, 0.2) is 36.5 Å². The highest BCUT2D eigenvalue weighted by Gasteiger charge is 2.31. The smallest absolute Gasteiger partial charge is 0.0677 e. The zero-order chi connectivity index (χ0) is 15.9. The molecule has 0 amide bonds. The van der Waals surface area contributed by atoms with E-state index in [1.807, 2.05) is 0 Å². The third kappa shape index (κ3) is 4.89. The van der Waals surface area contributed by atoms with Crippen molar-refractivity contribution in [2.24, 2.45) is 23.7 Å². The first-order chi connectivity index (χ1) is 10.6. The van der Waals surface area contributed by atoms with Gasteiger partial charge >= 0.3 is 0 Å². The van der Waals surface area contributed by atoms with Crippen molar-refractivity contribution in [3.05, 3.63) is 36.5 Å². The number of fused-ring (bicyclic) bond motifs is 1. The van der Waals surface area contributed by atoms with Gasteiger partial charge in [0.25, 0.3) is 0 Å². The van der Waals surface area contributed by atoms with Gasteiger partial charge < -0.3 is 4.74 Å². The van der Waals surface area contributed by atoms with Crippen LogP contribution in [0.3, 0.4) is 0 Å². The second-order valence-corrected chi connectivity index (χ2v) is 7.20. The number of hydrogen-bond acceptors (Lipinski definition) is 1. The molecular formula is C21H30O. The Morgan fingerprint density at radius 3 is 2.82 bits per heavy atom. The first kappa shape index (κ1) is 17.1. The monoisotopic (exact) mass is 298 g/mol. The molecule has 0 aromatic rings. The van der Waals surface area contributed by atoms with Crippen LogP contribution in [0.25, 0.3) is 0 Å². The van der Waals surface area contributed by atoms with Gasteiger partial charge in [-0.05, 0) is 48.5 Å². The molecule has 3 atom stereocenters. The lowest BCUT2D eigenvalue weighted by Crippen LogP contribution is -2.25. The van der Waals surface area contributed by atoms with Crippen molar-refractivity contribution in [2.75, 3.05) is 13.2 Å². The van der Waals surface area contributed by atoms with Gasteiger partial charge in [-0.15, -0.1) is 11.8 Å². The summed E-state index contributed by atoms with van der Waals surface area (Å²) in [6.07, 6.45) is 10.0. The summed E-state index contributed by atoms with van der Waals surface area (Å²) in [6.45, 7) is 14.4. The molecule has 0 saturated heterocycles. The highest BCUT2D eigenvalue weighted by Crippen LogP contribution is 2.40. The van der Waals surface area contributed by atoms with Gasteiger partial charge in [-0.25, -0.2) is 0 Å². The predicted octanol–water partition coefficient (Wildman–Crippen LogP) is 5.16. The highest BCUT2D eigenvalue weighted by atomic mass is 16.5. The summed E-state index contributed by atoms with van der Waals surface area (Å²) in [5.41, 5.74) is 2.45. The molecule has 3 unspecified atom stereocenters. The van der Waals surface area contributed by atoms with Crippen molar-refractivity contribution in [1.29, 1.82) is 0 Å². The van der Waals surface area contributed by atoms with Crippen molar-refractivity contribution >= 4 is 0 Å².